The van der Waals surface area contributed by atoms with Crippen molar-refractivity contribution in [3.05, 3.63) is 35.1 Å². The summed E-state index contributed by atoms with van der Waals surface area (Å²) in [6.07, 6.45) is 9.36. The van der Waals surface area contributed by atoms with Crippen LogP contribution in [0.1, 0.15) is 68.2 Å². The van der Waals surface area contributed by atoms with Crippen molar-refractivity contribution in [2.24, 2.45) is 5.41 Å². The summed E-state index contributed by atoms with van der Waals surface area (Å²) < 4.78 is 0. The Hall–Kier alpha value is -1.02. The predicted octanol–water partition coefficient (Wildman–Crippen LogP) is 5.59. The molecule has 0 spiro atoms. The minimum absolute atomic E-state index is 0.447. The van der Waals surface area contributed by atoms with Crippen molar-refractivity contribution in [3.63, 3.8) is 0 Å². The molecule has 0 amide bonds. The molecule has 0 unspecified atom stereocenters. The summed E-state index contributed by atoms with van der Waals surface area (Å²) in [5.41, 5.74) is 4.46. The van der Waals surface area contributed by atoms with E-state index in [-0.39, 0.29) is 0 Å². The highest BCUT2D eigenvalue weighted by Gasteiger charge is 2.27. The van der Waals surface area contributed by atoms with Crippen molar-refractivity contribution in [1.29, 1.82) is 0 Å². The van der Waals surface area contributed by atoms with Crippen molar-refractivity contribution in [3.8, 4) is 0 Å². The van der Waals surface area contributed by atoms with Gasteiger partial charge in [0.25, 0.3) is 0 Å². The molecule has 0 aromatic carbocycles. The average Bonchev–Trinajstić information content (AvgIpc) is 2.85. The van der Waals surface area contributed by atoms with Crippen LogP contribution in [0, 0.1) is 5.41 Å². The van der Waals surface area contributed by atoms with Crippen molar-refractivity contribution in [2.45, 2.75) is 74.3 Å². The number of rotatable bonds is 7. The fourth-order valence-corrected chi connectivity index (χ4v) is 3.35. The normalized spacial score (nSPS) is 19.2. The molecule has 23 heavy (non-hydrogen) atoms. The SMILES string of the molecule is CCC(C)(C)C[C@@H](C)N1CCN(/C=C(C)/C=C(/C)C=C(C)C)C1. The Morgan fingerprint density at radius 3 is 2.26 bits per heavy atom. The van der Waals surface area contributed by atoms with Gasteiger partial charge in [-0.05, 0) is 52.0 Å². The van der Waals surface area contributed by atoms with E-state index in [1.54, 1.807) is 0 Å². The minimum Gasteiger partial charge on any atom is -0.363 e. The van der Waals surface area contributed by atoms with Gasteiger partial charge in [-0.2, -0.15) is 0 Å². The molecule has 0 N–H and O–H groups in total. The van der Waals surface area contributed by atoms with Crippen LogP contribution >= 0.6 is 0 Å². The van der Waals surface area contributed by atoms with Crippen LogP contribution in [-0.4, -0.2) is 35.6 Å². The molecule has 1 saturated heterocycles. The van der Waals surface area contributed by atoms with Crippen LogP contribution in [0.4, 0.5) is 0 Å². The maximum absolute atomic E-state index is 2.62. The Kier molecular flexibility index (Phi) is 7.60. The van der Waals surface area contributed by atoms with Gasteiger partial charge in [-0.1, -0.05) is 50.5 Å². The second-order valence-corrected chi connectivity index (χ2v) is 8.32. The number of nitrogens with zero attached hydrogens (tertiary/aromatic N) is 2. The Bertz CT molecular complexity index is 464. The Morgan fingerprint density at radius 2 is 1.70 bits per heavy atom. The molecular formula is C21H38N2. The Morgan fingerprint density at radius 1 is 1.04 bits per heavy atom. The van der Waals surface area contributed by atoms with Gasteiger partial charge in [0.05, 0.1) is 6.67 Å². The van der Waals surface area contributed by atoms with Crippen LogP contribution in [0.2, 0.25) is 0 Å². The summed E-state index contributed by atoms with van der Waals surface area (Å²) in [4.78, 5) is 5.07. The van der Waals surface area contributed by atoms with E-state index in [0.29, 0.717) is 11.5 Å². The molecule has 0 aliphatic carbocycles. The van der Waals surface area contributed by atoms with Crippen molar-refractivity contribution in [1.82, 2.24) is 9.80 Å². The molecule has 1 rings (SSSR count). The maximum atomic E-state index is 2.62. The van der Waals surface area contributed by atoms with Gasteiger partial charge in [-0.3, -0.25) is 4.90 Å². The van der Waals surface area contributed by atoms with Gasteiger partial charge >= 0.3 is 0 Å². The molecule has 0 saturated carbocycles. The molecule has 0 aromatic rings. The monoisotopic (exact) mass is 318 g/mol. The summed E-state index contributed by atoms with van der Waals surface area (Å²) in [6, 6.07) is 0.659. The second-order valence-electron chi connectivity index (χ2n) is 8.32. The second kappa shape index (κ2) is 8.73. The lowest BCUT2D eigenvalue weighted by molar-refractivity contribution is 0.162. The largest absolute Gasteiger partial charge is 0.363 e. The summed E-state index contributed by atoms with van der Waals surface area (Å²) in [5, 5.41) is 0. The summed E-state index contributed by atoms with van der Waals surface area (Å²) >= 11 is 0. The first-order valence-corrected chi connectivity index (χ1v) is 9.12. The fourth-order valence-electron chi connectivity index (χ4n) is 3.35. The summed E-state index contributed by atoms with van der Waals surface area (Å²) in [7, 11) is 0. The van der Waals surface area contributed by atoms with Crippen molar-refractivity contribution in [2.75, 3.05) is 19.8 Å². The third-order valence-corrected chi connectivity index (χ3v) is 4.82. The van der Waals surface area contributed by atoms with E-state index in [2.05, 4.69) is 83.5 Å². The van der Waals surface area contributed by atoms with Crippen LogP contribution in [0.5, 0.6) is 0 Å². The number of hydrogen-bond donors (Lipinski definition) is 0. The van der Waals surface area contributed by atoms with E-state index in [4.69, 9.17) is 0 Å². The standard InChI is InChI=1S/C21H38N2/c1-9-21(7,8)14-20(6)23-11-10-22(16-23)15-19(5)13-18(4)12-17(2)3/h12-13,15,20H,9-11,14,16H2,1-8H3/b18-13-,19-15+/t20-/m1/s1. The highest BCUT2D eigenvalue weighted by atomic mass is 15.4. The lowest BCUT2D eigenvalue weighted by Crippen LogP contribution is -2.35. The van der Waals surface area contributed by atoms with Crippen LogP contribution in [0.25, 0.3) is 0 Å². The molecule has 0 radical (unpaired) electrons. The van der Waals surface area contributed by atoms with Gasteiger partial charge < -0.3 is 4.90 Å². The third kappa shape index (κ3) is 7.39. The first-order chi connectivity index (χ1) is 10.6. The van der Waals surface area contributed by atoms with E-state index < -0.39 is 0 Å². The zero-order chi connectivity index (χ0) is 17.6. The van der Waals surface area contributed by atoms with Crippen LogP contribution in [0.15, 0.2) is 35.1 Å². The molecule has 0 aromatic heterocycles. The van der Waals surface area contributed by atoms with Crippen LogP contribution < -0.4 is 0 Å². The van der Waals surface area contributed by atoms with E-state index in [1.807, 2.05) is 0 Å². The molecule has 1 aliphatic rings. The minimum atomic E-state index is 0.447. The van der Waals surface area contributed by atoms with Crippen molar-refractivity contribution >= 4 is 0 Å². The van der Waals surface area contributed by atoms with Crippen molar-refractivity contribution < 1.29 is 0 Å². The molecular weight excluding hydrogens is 280 g/mol. The van der Waals surface area contributed by atoms with Gasteiger partial charge in [0, 0.05) is 25.3 Å². The first-order valence-electron chi connectivity index (χ1n) is 9.12. The van der Waals surface area contributed by atoms with Gasteiger partial charge in [-0.25, -0.2) is 0 Å². The fraction of sp³-hybridized carbons (Fsp3) is 0.714. The molecule has 1 heterocycles. The van der Waals surface area contributed by atoms with Crippen LogP contribution in [-0.2, 0) is 0 Å². The van der Waals surface area contributed by atoms with E-state index in [9.17, 15) is 0 Å². The Labute approximate surface area is 144 Å². The average molecular weight is 319 g/mol. The lowest BCUT2D eigenvalue weighted by Gasteiger charge is -2.32. The quantitative estimate of drug-likeness (QED) is 0.564. The number of hydrogen-bond acceptors (Lipinski definition) is 2. The smallest absolute Gasteiger partial charge is 0.0705 e. The zero-order valence-corrected chi connectivity index (χ0v) is 16.7. The summed E-state index contributed by atoms with van der Waals surface area (Å²) in [6.45, 7) is 21.5. The maximum Gasteiger partial charge on any atom is 0.0705 e. The molecule has 0 bridgehead atoms. The first kappa shape index (κ1) is 20.0. The van der Waals surface area contributed by atoms with Gasteiger partial charge in [0.1, 0.15) is 0 Å². The van der Waals surface area contributed by atoms with Gasteiger partial charge in [0.15, 0.2) is 0 Å². The molecule has 2 nitrogen and oxygen atoms in total. The topological polar surface area (TPSA) is 6.48 Å². The van der Waals surface area contributed by atoms with E-state index in [1.165, 1.54) is 36.1 Å². The summed E-state index contributed by atoms with van der Waals surface area (Å²) in [5.74, 6) is 0. The molecule has 1 atom stereocenters. The predicted molar refractivity (Wildman–Crippen MR) is 103 cm³/mol. The molecule has 1 aliphatic heterocycles. The number of allylic oxidation sites excluding steroid dienone is 5. The molecule has 1 fully saturated rings. The molecule has 2 heteroatoms. The third-order valence-electron chi connectivity index (χ3n) is 4.82. The van der Waals surface area contributed by atoms with Gasteiger partial charge in [0.2, 0.25) is 0 Å². The zero-order valence-electron chi connectivity index (χ0n) is 16.7. The Balaban J connectivity index is 2.60. The highest BCUT2D eigenvalue weighted by molar-refractivity contribution is 5.28. The van der Waals surface area contributed by atoms with Crippen LogP contribution in [0.3, 0.4) is 0 Å². The van der Waals surface area contributed by atoms with E-state index >= 15 is 0 Å². The highest BCUT2D eigenvalue weighted by Crippen LogP contribution is 2.29. The van der Waals surface area contributed by atoms with E-state index in [0.717, 1.165) is 13.2 Å². The lowest BCUT2D eigenvalue weighted by atomic mass is 9.83. The van der Waals surface area contributed by atoms with Gasteiger partial charge in [-0.15, -0.1) is 0 Å². The molecule has 132 valence electrons.